The molecule has 116 valence electrons. The molecule has 1 aliphatic rings. The normalized spacial score (nSPS) is 17.4. The number of carbonyl (C=O) groups is 2. The van der Waals surface area contributed by atoms with Crippen LogP contribution in [0.3, 0.4) is 0 Å². The quantitative estimate of drug-likeness (QED) is 0.875. The number of carboxylic acid groups (broad SMARTS) is 1. The van der Waals surface area contributed by atoms with Crippen LogP contribution < -0.4 is 0 Å². The zero-order valence-electron chi connectivity index (χ0n) is 12.5. The van der Waals surface area contributed by atoms with Gasteiger partial charge in [-0.3, -0.25) is 9.59 Å². The first kappa shape index (κ1) is 15.6. The first-order chi connectivity index (χ1) is 10.1. The summed E-state index contributed by atoms with van der Waals surface area (Å²) in [6.45, 7) is 2.21. The van der Waals surface area contributed by atoms with E-state index >= 15 is 0 Å². The zero-order valence-corrected chi connectivity index (χ0v) is 12.5. The van der Waals surface area contributed by atoms with Crippen LogP contribution >= 0.6 is 0 Å². The summed E-state index contributed by atoms with van der Waals surface area (Å²) in [6.07, 6.45) is 6.75. The maximum Gasteiger partial charge on any atom is 0.308 e. The highest BCUT2D eigenvalue weighted by Crippen LogP contribution is 2.26. The lowest BCUT2D eigenvalue weighted by Gasteiger charge is -2.30. The van der Waals surface area contributed by atoms with Gasteiger partial charge in [-0.15, -0.1) is 0 Å². The molecule has 1 aliphatic carbocycles. The molecule has 5 nitrogen and oxygen atoms in total. The molecule has 1 aromatic heterocycles. The third-order valence-electron chi connectivity index (χ3n) is 4.11. The van der Waals surface area contributed by atoms with Crippen LogP contribution in [0.5, 0.6) is 0 Å². The van der Waals surface area contributed by atoms with E-state index in [2.05, 4.69) is 0 Å². The molecule has 2 rings (SSSR count). The molecule has 0 aliphatic heterocycles. The molecule has 0 aromatic carbocycles. The van der Waals surface area contributed by atoms with Gasteiger partial charge in [0.1, 0.15) is 5.76 Å². The van der Waals surface area contributed by atoms with Crippen molar-refractivity contribution >= 4 is 11.9 Å². The van der Waals surface area contributed by atoms with Gasteiger partial charge in [-0.25, -0.2) is 0 Å². The summed E-state index contributed by atoms with van der Waals surface area (Å²) in [7, 11) is 0. The highest BCUT2D eigenvalue weighted by Gasteiger charge is 2.28. The Morgan fingerprint density at radius 1 is 1.38 bits per heavy atom. The van der Waals surface area contributed by atoms with Crippen LogP contribution in [-0.2, 0) is 16.1 Å². The fourth-order valence-corrected chi connectivity index (χ4v) is 2.84. The van der Waals surface area contributed by atoms with Crippen LogP contribution in [0.2, 0.25) is 0 Å². The Morgan fingerprint density at radius 2 is 2.10 bits per heavy atom. The molecule has 1 saturated carbocycles. The Kier molecular flexibility index (Phi) is 5.42. The molecule has 0 spiro atoms. The van der Waals surface area contributed by atoms with Crippen LogP contribution in [0.25, 0.3) is 0 Å². The fraction of sp³-hybridized carbons (Fsp3) is 0.625. The topological polar surface area (TPSA) is 70.8 Å². The smallest absolute Gasteiger partial charge is 0.308 e. The first-order valence-corrected chi connectivity index (χ1v) is 7.62. The van der Waals surface area contributed by atoms with E-state index in [0.29, 0.717) is 12.3 Å². The summed E-state index contributed by atoms with van der Waals surface area (Å²) in [4.78, 5) is 25.4. The van der Waals surface area contributed by atoms with Crippen molar-refractivity contribution in [2.45, 2.75) is 45.6 Å². The number of nitrogens with zero attached hydrogens (tertiary/aromatic N) is 1. The molecule has 0 bridgehead atoms. The molecule has 1 aromatic rings. The molecule has 21 heavy (non-hydrogen) atoms. The third kappa shape index (κ3) is 4.34. The molecule has 0 radical (unpaired) electrons. The number of aliphatic carboxylic acids is 1. The Morgan fingerprint density at radius 3 is 2.67 bits per heavy atom. The van der Waals surface area contributed by atoms with Crippen molar-refractivity contribution in [3.63, 3.8) is 0 Å². The number of hydrogen-bond donors (Lipinski definition) is 1. The van der Waals surface area contributed by atoms with E-state index in [-0.39, 0.29) is 18.4 Å². The highest BCUT2D eigenvalue weighted by molar-refractivity contribution is 5.79. The summed E-state index contributed by atoms with van der Waals surface area (Å²) in [5, 5.41) is 9.09. The number of carboxylic acids is 1. The van der Waals surface area contributed by atoms with Crippen LogP contribution in [-0.4, -0.2) is 28.4 Å². The van der Waals surface area contributed by atoms with Crippen molar-refractivity contribution in [3.8, 4) is 0 Å². The summed E-state index contributed by atoms with van der Waals surface area (Å²) >= 11 is 0. The predicted octanol–water partition coefficient (Wildman–Crippen LogP) is 2.91. The second kappa shape index (κ2) is 7.29. The minimum atomic E-state index is -0.879. The van der Waals surface area contributed by atoms with Gasteiger partial charge in [-0.1, -0.05) is 26.2 Å². The van der Waals surface area contributed by atoms with Crippen molar-refractivity contribution in [2.75, 3.05) is 6.54 Å². The summed E-state index contributed by atoms with van der Waals surface area (Å²) in [6, 6.07) is 3.59. The Hall–Kier alpha value is -1.78. The average Bonchev–Trinajstić information content (AvgIpc) is 2.99. The maximum absolute atomic E-state index is 12.7. The standard InChI is InChI=1S/C16H23NO4/c1-12(16(19)20)10-17(11-14-8-5-9-21-14)15(18)13-6-3-2-4-7-13/h5,8-9,12-13H,2-4,6-7,10-11H2,1H3,(H,19,20). The van der Waals surface area contributed by atoms with E-state index in [1.165, 1.54) is 6.42 Å². The first-order valence-electron chi connectivity index (χ1n) is 7.62. The maximum atomic E-state index is 12.7. The zero-order chi connectivity index (χ0) is 15.2. The van der Waals surface area contributed by atoms with E-state index in [1.807, 2.05) is 6.07 Å². The lowest BCUT2D eigenvalue weighted by Crippen LogP contribution is -2.40. The third-order valence-corrected chi connectivity index (χ3v) is 4.11. The van der Waals surface area contributed by atoms with E-state index in [1.54, 1.807) is 24.2 Å². The second-order valence-corrected chi connectivity index (χ2v) is 5.87. The number of hydrogen-bond acceptors (Lipinski definition) is 3. The molecule has 1 heterocycles. The summed E-state index contributed by atoms with van der Waals surface area (Å²) in [5.41, 5.74) is 0. The lowest BCUT2D eigenvalue weighted by atomic mass is 9.88. The van der Waals surface area contributed by atoms with Crippen molar-refractivity contribution in [3.05, 3.63) is 24.2 Å². The minimum absolute atomic E-state index is 0.0368. The highest BCUT2D eigenvalue weighted by atomic mass is 16.4. The van der Waals surface area contributed by atoms with E-state index in [4.69, 9.17) is 9.52 Å². The van der Waals surface area contributed by atoms with Gasteiger partial charge in [0.2, 0.25) is 5.91 Å². The van der Waals surface area contributed by atoms with Gasteiger partial charge in [-0.05, 0) is 25.0 Å². The van der Waals surface area contributed by atoms with E-state index < -0.39 is 11.9 Å². The summed E-state index contributed by atoms with van der Waals surface area (Å²) in [5.74, 6) is -0.658. The number of rotatable bonds is 6. The van der Waals surface area contributed by atoms with Gasteiger partial charge in [0.15, 0.2) is 0 Å². The number of furan rings is 1. The fourth-order valence-electron chi connectivity index (χ4n) is 2.84. The molecule has 5 heteroatoms. The van der Waals surface area contributed by atoms with E-state index in [0.717, 1.165) is 25.7 Å². The molecular weight excluding hydrogens is 270 g/mol. The average molecular weight is 293 g/mol. The summed E-state index contributed by atoms with van der Waals surface area (Å²) < 4.78 is 5.30. The monoisotopic (exact) mass is 293 g/mol. The Labute approximate surface area is 124 Å². The Balaban J connectivity index is 2.05. The van der Waals surface area contributed by atoms with Crippen molar-refractivity contribution in [1.29, 1.82) is 0 Å². The van der Waals surface area contributed by atoms with Crippen LogP contribution in [0.1, 0.15) is 44.8 Å². The van der Waals surface area contributed by atoms with Crippen LogP contribution in [0.15, 0.2) is 22.8 Å². The Bertz CT molecular complexity index is 463. The van der Waals surface area contributed by atoms with Crippen molar-refractivity contribution < 1.29 is 19.1 Å². The predicted molar refractivity (Wildman–Crippen MR) is 77.5 cm³/mol. The van der Waals surface area contributed by atoms with Gasteiger partial charge in [0.05, 0.1) is 18.7 Å². The van der Waals surface area contributed by atoms with Crippen LogP contribution in [0, 0.1) is 11.8 Å². The van der Waals surface area contributed by atoms with Gasteiger partial charge < -0.3 is 14.4 Å². The lowest BCUT2D eigenvalue weighted by molar-refractivity contribution is -0.144. The number of amides is 1. The van der Waals surface area contributed by atoms with Crippen LogP contribution in [0.4, 0.5) is 0 Å². The number of carbonyl (C=O) groups excluding carboxylic acids is 1. The van der Waals surface area contributed by atoms with Crippen molar-refractivity contribution in [1.82, 2.24) is 4.90 Å². The molecule has 1 amide bonds. The van der Waals surface area contributed by atoms with Gasteiger partial charge >= 0.3 is 5.97 Å². The molecule has 1 unspecified atom stereocenters. The molecule has 1 fully saturated rings. The van der Waals surface area contributed by atoms with Gasteiger partial charge in [0.25, 0.3) is 0 Å². The molecule has 0 saturated heterocycles. The van der Waals surface area contributed by atoms with Gasteiger partial charge in [0, 0.05) is 12.5 Å². The second-order valence-electron chi connectivity index (χ2n) is 5.87. The SMILES string of the molecule is CC(CN(Cc1ccco1)C(=O)C1CCCCC1)C(=O)O. The molecule has 1 atom stereocenters. The minimum Gasteiger partial charge on any atom is -0.481 e. The van der Waals surface area contributed by atoms with Crippen molar-refractivity contribution in [2.24, 2.45) is 11.8 Å². The molecule has 1 N–H and O–H groups in total. The molecular formula is C16H23NO4. The van der Waals surface area contributed by atoms with Gasteiger partial charge in [-0.2, -0.15) is 0 Å². The largest absolute Gasteiger partial charge is 0.481 e. The van der Waals surface area contributed by atoms with E-state index in [9.17, 15) is 9.59 Å².